The average Bonchev–Trinajstić information content (AvgIpc) is 3.23. The zero-order valence-electron chi connectivity index (χ0n) is 21.6. The summed E-state index contributed by atoms with van der Waals surface area (Å²) in [5, 5.41) is 12.0. The number of anilines is 1. The second kappa shape index (κ2) is 10.9. The highest BCUT2D eigenvalue weighted by atomic mass is 35.5. The minimum absolute atomic E-state index is 0.156. The van der Waals surface area contributed by atoms with Crippen molar-refractivity contribution in [3.63, 3.8) is 0 Å². The molecule has 0 radical (unpaired) electrons. The molecular formula is C31H23ClN4O4. The highest BCUT2D eigenvalue weighted by molar-refractivity contribution is 6.39. The molecule has 1 saturated heterocycles. The Hall–Kier alpha value is -5.13. The van der Waals surface area contributed by atoms with E-state index < -0.39 is 17.8 Å². The number of imide groups is 2. The fourth-order valence-electron chi connectivity index (χ4n) is 4.58. The number of aromatic nitrogens is 1. The topological polar surface area (TPSA) is 104 Å². The number of carbonyl (C=O) groups excluding carboxylic acids is 3. The molecule has 1 fully saturated rings. The minimum Gasteiger partial charge on any atom is -0.489 e. The maximum atomic E-state index is 13.3. The summed E-state index contributed by atoms with van der Waals surface area (Å²) >= 11 is 5.94. The predicted octanol–water partition coefficient (Wildman–Crippen LogP) is 5.86. The van der Waals surface area contributed by atoms with Gasteiger partial charge in [0.1, 0.15) is 17.9 Å². The van der Waals surface area contributed by atoms with Crippen molar-refractivity contribution in [1.29, 1.82) is 5.26 Å². The molecule has 0 spiro atoms. The second-order valence-electron chi connectivity index (χ2n) is 9.15. The molecule has 40 heavy (non-hydrogen) atoms. The standard InChI is InChI=1S/C31H23ClN4O4/c1-19-15-23(16-28-29(37)34-31(39)36(30(28)38)26-9-7-24(32)8-10-26)20(2)35(19)25-11-13-27(14-12-25)40-18-22-6-4-3-5-21(22)17-33/h3-16H,18H2,1-2H3,(H,34,37,39)/b28-16+. The number of nitrogens with one attached hydrogen (secondary N) is 1. The average molecular weight is 551 g/mol. The SMILES string of the molecule is Cc1cc(/C=C2\C(=O)NC(=O)N(c3ccc(Cl)cc3)C2=O)c(C)n1-c1ccc(OCc2ccccc2C#N)cc1. The molecule has 1 aromatic heterocycles. The van der Waals surface area contributed by atoms with Gasteiger partial charge in [0.2, 0.25) is 0 Å². The summed E-state index contributed by atoms with van der Waals surface area (Å²) in [6.07, 6.45) is 1.50. The highest BCUT2D eigenvalue weighted by Gasteiger charge is 2.37. The van der Waals surface area contributed by atoms with E-state index in [2.05, 4.69) is 11.4 Å². The number of amides is 4. The molecule has 2 heterocycles. The lowest BCUT2D eigenvalue weighted by atomic mass is 10.1. The van der Waals surface area contributed by atoms with E-state index in [4.69, 9.17) is 16.3 Å². The highest BCUT2D eigenvalue weighted by Crippen LogP contribution is 2.27. The number of rotatable bonds is 6. The first kappa shape index (κ1) is 26.5. The summed E-state index contributed by atoms with van der Waals surface area (Å²) < 4.78 is 7.88. The van der Waals surface area contributed by atoms with E-state index in [-0.39, 0.29) is 12.2 Å². The number of nitrogens with zero attached hydrogens (tertiary/aromatic N) is 3. The molecular weight excluding hydrogens is 528 g/mol. The first-order valence-corrected chi connectivity index (χ1v) is 12.7. The van der Waals surface area contributed by atoms with Crippen LogP contribution in [0.5, 0.6) is 5.75 Å². The normalized spacial score (nSPS) is 14.3. The quantitative estimate of drug-likeness (QED) is 0.239. The lowest BCUT2D eigenvalue weighted by molar-refractivity contribution is -0.122. The Labute approximate surface area is 235 Å². The fourth-order valence-corrected chi connectivity index (χ4v) is 4.70. The maximum Gasteiger partial charge on any atom is 0.335 e. The first-order valence-electron chi connectivity index (χ1n) is 12.3. The number of barbiturate groups is 1. The van der Waals surface area contributed by atoms with Gasteiger partial charge in [-0.05, 0) is 86.2 Å². The van der Waals surface area contributed by atoms with Crippen LogP contribution in [-0.2, 0) is 16.2 Å². The molecule has 0 atom stereocenters. The molecule has 9 heteroatoms. The van der Waals surface area contributed by atoms with Crippen molar-refractivity contribution in [3.05, 3.63) is 118 Å². The van der Waals surface area contributed by atoms with Crippen LogP contribution in [0.25, 0.3) is 11.8 Å². The molecule has 5 rings (SSSR count). The van der Waals surface area contributed by atoms with Gasteiger partial charge in [-0.25, -0.2) is 9.69 Å². The molecule has 0 unspecified atom stereocenters. The van der Waals surface area contributed by atoms with Gasteiger partial charge in [-0.2, -0.15) is 5.26 Å². The van der Waals surface area contributed by atoms with Crippen LogP contribution in [0.15, 0.2) is 84.4 Å². The van der Waals surface area contributed by atoms with E-state index in [1.54, 1.807) is 18.2 Å². The Kier molecular flexibility index (Phi) is 7.23. The second-order valence-corrected chi connectivity index (χ2v) is 9.58. The molecule has 4 amide bonds. The summed E-state index contributed by atoms with van der Waals surface area (Å²) in [4.78, 5) is 39.3. The smallest absolute Gasteiger partial charge is 0.335 e. The van der Waals surface area contributed by atoms with Crippen molar-refractivity contribution in [2.24, 2.45) is 0 Å². The zero-order valence-corrected chi connectivity index (χ0v) is 22.4. The molecule has 0 saturated carbocycles. The maximum absolute atomic E-state index is 13.3. The Bertz CT molecular complexity index is 1710. The van der Waals surface area contributed by atoms with Gasteiger partial charge in [0.15, 0.2) is 0 Å². The molecule has 8 nitrogen and oxygen atoms in total. The van der Waals surface area contributed by atoms with Crippen molar-refractivity contribution in [2.45, 2.75) is 20.5 Å². The van der Waals surface area contributed by atoms with Crippen molar-refractivity contribution in [3.8, 4) is 17.5 Å². The molecule has 1 aliphatic heterocycles. The van der Waals surface area contributed by atoms with E-state index in [0.717, 1.165) is 27.5 Å². The molecule has 4 aromatic rings. The van der Waals surface area contributed by atoms with Crippen LogP contribution < -0.4 is 15.0 Å². The molecule has 198 valence electrons. The largest absolute Gasteiger partial charge is 0.489 e. The van der Waals surface area contributed by atoms with Crippen molar-refractivity contribution >= 4 is 41.2 Å². The Morgan fingerprint density at radius 1 is 0.950 bits per heavy atom. The monoisotopic (exact) mass is 550 g/mol. The third-order valence-electron chi connectivity index (χ3n) is 6.58. The van der Waals surface area contributed by atoms with Gasteiger partial charge in [0, 0.05) is 27.7 Å². The Morgan fingerprint density at radius 3 is 2.33 bits per heavy atom. The fraction of sp³-hybridized carbons (Fsp3) is 0.0968. The number of hydrogen-bond donors (Lipinski definition) is 1. The number of urea groups is 1. The first-order chi connectivity index (χ1) is 19.3. The number of halogens is 1. The van der Waals surface area contributed by atoms with E-state index in [9.17, 15) is 19.6 Å². The van der Waals surface area contributed by atoms with Gasteiger partial charge in [-0.3, -0.25) is 14.9 Å². The molecule has 3 aromatic carbocycles. The molecule has 1 aliphatic rings. The van der Waals surface area contributed by atoms with Crippen LogP contribution in [0.4, 0.5) is 10.5 Å². The van der Waals surface area contributed by atoms with Gasteiger partial charge in [0.05, 0.1) is 17.3 Å². The van der Waals surface area contributed by atoms with Crippen LogP contribution in [0.3, 0.4) is 0 Å². The number of benzene rings is 3. The van der Waals surface area contributed by atoms with Crippen LogP contribution in [-0.4, -0.2) is 22.4 Å². The number of ether oxygens (including phenoxy) is 1. The lowest BCUT2D eigenvalue weighted by Gasteiger charge is -2.26. The third kappa shape index (κ3) is 5.10. The van der Waals surface area contributed by atoms with E-state index in [1.807, 2.05) is 66.9 Å². The summed E-state index contributed by atoms with van der Waals surface area (Å²) in [5.74, 6) is -0.831. The van der Waals surface area contributed by atoms with Gasteiger partial charge in [0.25, 0.3) is 11.8 Å². The summed E-state index contributed by atoms with van der Waals surface area (Å²) in [6, 6.07) is 24.2. The van der Waals surface area contributed by atoms with E-state index >= 15 is 0 Å². The summed E-state index contributed by atoms with van der Waals surface area (Å²) in [7, 11) is 0. The van der Waals surface area contributed by atoms with Crippen molar-refractivity contribution in [2.75, 3.05) is 4.90 Å². The van der Waals surface area contributed by atoms with Gasteiger partial charge < -0.3 is 9.30 Å². The molecule has 0 bridgehead atoms. The van der Waals surface area contributed by atoms with Crippen molar-refractivity contribution in [1.82, 2.24) is 9.88 Å². The number of aryl methyl sites for hydroxylation is 1. The van der Waals surface area contributed by atoms with Crippen LogP contribution in [0.2, 0.25) is 5.02 Å². The van der Waals surface area contributed by atoms with Crippen LogP contribution >= 0.6 is 11.6 Å². The minimum atomic E-state index is -0.821. The summed E-state index contributed by atoms with van der Waals surface area (Å²) in [6.45, 7) is 4.08. The lowest BCUT2D eigenvalue weighted by Crippen LogP contribution is -2.54. The van der Waals surface area contributed by atoms with Crippen LogP contribution in [0.1, 0.15) is 28.1 Å². The zero-order chi connectivity index (χ0) is 28.4. The van der Waals surface area contributed by atoms with Gasteiger partial charge in [-0.1, -0.05) is 29.8 Å². The van der Waals surface area contributed by atoms with E-state index in [0.29, 0.717) is 27.6 Å². The third-order valence-corrected chi connectivity index (χ3v) is 6.84. The molecule has 0 aliphatic carbocycles. The summed E-state index contributed by atoms with van der Waals surface area (Å²) in [5.41, 5.74) is 4.74. The number of carbonyl (C=O) groups is 3. The number of hydrogen-bond acceptors (Lipinski definition) is 5. The van der Waals surface area contributed by atoms with Crippen molar-refractivity contribution < 1.29 is 19.1 Å². The Balaban J connectivity index is 1.39. The van der Waals surface area contributed by atoms with Gasteiger partial charge in [-0.15, -0.1) is 0 Å². The van der Waals surface area contributed by atoms with Crippen LogP contribution in [0, 0.1) is 25.2 Å². The number of nitriles is 1. The van der Waals surface area contributed by atoms with Gasteiger partial charge >= 0.3 is 6.03 Å². The Morgan fingerprint density at radius 2 is 1.62 bits per heavy atom. The van der Waals surface area contributed by atoms with E-state index in [1.165, 1.54) is 18.2 Å². The molecule has 1 N–H and O–H groups in total. The predicted molar refractivity (Wildman–Crippen MR) is 151 cm³/mol.